The molecule has 3 aromatic rings. The molecule has 7 heteroatoms. The Kier molecular flexibility index (Phi) is 7.09. The smallest absolute Gasteiger partial charge is 0.295 e. The average Bonchev–Trinajstić information content (AvgIpc) is 3.43. The van der Waals surface area contributed by atoms with Gasteiger partial charge < -0.3 is 24.2 Å². The van der Waals surface area contributed by atoms with Crippen LogP contribution in [0, 0.1) is 0 Å². The van der Waals surface area contributed by atoms with Crippen LogP contribution in [0.25, 0.3) is 5.76 Å². The average molecular weight is 514 g/mol. The second-order valence-corrected chi connectivity index (χ2v) is 9.63. The number of Topliss-reactive ketones (excluding diaryl/α,β-unsaturated/α-hetero) is 1. The summed E-state index contributed by atoms with van der Waals surface area (Å²) in [6.45, 7) is 4.62. The third-order valence-electron chi connectivity index (χ3n) is 6.91. The summed E-state index contributed by atoms with van der Waals surface area (Å²) in [5.74, 6) is 0.265. The van der Waals surface area contributed by atoms with E-state index in [0.29, 0.717) is 48.6 Å². The van der Waals surface area contributed by atoms with Crippen molar-refractivity contribution in [2.75, 3.05) is 13.7 Å². The summed E-state index contributed by atoms with van der Waals surface area (Å²) in [6.07, 6.45) is 1.42. The van der Waals surface area contributed by atoms with Crippen LogP contribution in [0.1, 0.15) is 48.6 Å². The highest BCUT2D eigenvalue weighted by molar-refractivity contribution is 6.46. The SMILES string of the molecule is CCCN1C(=O)C(=O)/C(=C(/O)c2ccc3c(c2)CC(C)O3)C1c1ccc(OC)c(OCc2ccccc2)c1. The van der Waals surface area contributed by atoms with Crippen LogP contribution >= 0.6 is 0 Å². The summed E-state index contributed by atoms with van der Waals surface area (Å²) in [7, 11) is 1.56. The van der Waals surface area contributed by atoms with E-state index >= 15 is 0 Å². The Morgan fingerprint density at radius 2 is 1.84 bits per heavy atom. The lowest BCUT2D eigenvalue weighted by Gasteiger charge is -2.25. The molecular weight excluding hydrogens is 482 g/mol. The van der Waals surface area contributed by atoms with Crippen molar-refractivity contribution in [3.63, 3.8) is 0 Å². The van der Waals surface area contributed by atoms with Crippen molar-refractivity contribution in [1.29, 1.82) is 0 Å². The molecule has 2 aliphatic rings. The number of likely N-dealkylation sites (tertiary alicyclic amines) is 1. The molecule has 0 bridgehead atoms. The van der Waals surface area contributed by atoms with Crippen molar-refractivity contribution >= 4 is 17.4 Å². The molecule has 3 aromatic carbocycles. The maximum absolute atomic E-state index is 13.3. The molecular formula is C31H31NO6. The maximum Gasteiger partial charge on any atom is 0.295 e. The molecule has 2 heterocycles. The molecule has 1 N–H and O–H groups in total. The number of amides is 1. The molecule has 2 aliphatic heterocycles. The number of carbonyl (C=O) groups is 2. The monoisotopic (exact) mass is 513 g/mol. The molecule has 1 amide bonds. The Labute approximate surface area is 222 Å². The molecule has 1 saturated heterocycles. The first-order valence-corrected chi connectivity index (χ1v) is 12.8. The van der Waals surface area contributed by atoms with Crippen LogP contribution < -0.4 is 14.2 Å². The van der Waals surface area contributed by atoms with Gasteiger partial charge in [-0.15, -0.1) is 0 Å². The zero-order chi connectivity index (χ0) is 26.8. The van der Waals surface area contributed by atoms with Crippen molar-refractivity contribution in [1.82, 2.24) is 4.90 Å². The van der Waals surface area contributed by atoms with Crippen LogP contribution in [-0.2, 0) is 22.6 Å². The molecule has 196 valence electrons. The number of ketones is 1. The minimum absolute atomic E-state index is 0.0473. The number of methoxy groups -OCH3 is 1. The van der Waals surface area contributed by atoms with E-state index in [0.717, 1.165) is 16.9 Å². The van der Waals surface area contributed by atoms with Crippen molar-refractivity contribution in [2.24, 2.45) is 0 Å². The van der Waals surface area contributed by atoms with E-state index in [4.69, 9.17) is 14.2 Å². The number of aliphatic hydroxyl groups is 1. The molecule has 0 aromatic heterocycles. The quantitative estimate of drug-likeness (QED) is 0.246. The van der Waals surface area contributed by atoms with E-state index in [9.17, 15) is 14.7 Å². The molecule has 1 fully saturated rings. The predicted molar refractivity (Wildman–Crippen MR) is 143 cm³/mol. The Bertz CT molecular complexity index is 1400. The number of ether oxygens (including phenoxy) is 3. The van der Waals surface area contributed by atoms with Crippen molar-refractivity contribution in [3.05, 3.63) is 94.6 Å². The molecule has 7 nitrogen and oxygen atoms in total. The summed E-state index contributed by atoms with van der Waals surface area (Å²) in [4.78, 5) is 28.0. The van der Waals surface area contributed by atoms with Gasteiger partial charge in [0.25, 0.3) is 11.7 Å². The van der Waals surface area contributed by atoms with E-state index in [-0.39, 0.29) is 17.4 Å². The molecule has 0 aliphatic carbocycles. The lowest BCUT2D eigenvalue weighted by molar-refractivity contribution is -0.139. The van der Waals surface area contributed by atoms with Gasteiger partial charge in [0.1, 0.15) is 24.2 Å². The van der Waals surface area contributed by atoms with Crippen molar-refractivity contribution in [3.8, 4) is 17.2 Å². The standard InChI is InChI=1S/C31H31NO6/c1-4-14-32-28(21-10-13-25(36-3)26(17-21)37-18-20-8-6-5-7-9-20)27(30(34)31(32)35)29(33)22-11-12-24-23(16-22)15-19(2)38-24/h5-13,16-17,19,28,33H,4,14-15,18H2,1-3H3/b29-27+. The molecule has 0 saturated carbocycles. The largest absolute Gasteiger partial charge is 0.507 e. The fourth-order valence-corrected chi connectivity index (χ4v) is 5.13. The van der Waals surface area contributed by atoms with E-state index in [1.807, 2.05) is 50.2 Å². The van der Waals surface area contributed by atoms with Gasteiger partial charge in [0.2, 0.25) is 0 Å². The van der Waals surface area contributed by atoms with Gasteiger partial charge in [-0.2, -0.15) is 0 Å². The Morgan fingerprint density at radius 3 is 2.58 bits per heavy atom. The third kappa shape index (κ3) is 4.72. The first kappa shape index (κ1) is 25.4. The number of nitrogens with zero attached hydrogens (tertiary/aromatic N) is 1. The summed E-state index contributed by atoms with van der Waals surface area (Å²) >= 11 is 0. The van der Waals surface area contributed by atoms with Crippen LogP contribution in [0.15, 0.2) is 72.3 Å². The molecule has 2 atom stereocenters. The van der Waals surface area contributed by atoms with Gasteiger partial charge in [-0.05, 0) is 60.4 Å². The van der Waals surface area contributed by atoms with Crippen molar-refractivity contribution < 1.29 is 28.9 Å². The first-order chi connectivity index (χ1) is 18.4. The minimum Gasteiger partial charge on any atom is -0.507 e. The Hall–Kier alpha value is -4.26. The Balaban J connectivity index is 1.57. The van der Waals surface area contributed by atoms with Gasteiger partial charge in [0, 0.05) is 18.5 Å². The summed E-state index contributed by atoms with van der Waals surface area (Å²) < 4.78 is 17.4. The number of hydrogen-bond acceptors (Lipinski definition) is 6. The van der Waals surface area contributed by atoms with Crippen LogP contribution in [-0.4, -0.2) is 41.5 Å². The second-order valence-electron chi connectivity index (χ2n) is 9.63. The lowest BCUT2D eigenvalue weighted by atomic mass is 9.94. The minimum atomic E-state index is -0.761. The van der Waals surface area contributed by atoms with E-state index in [1.54, 1.807) is 37.4 Å². The van der Waals surface area contributed by atoms with Crippen LogP contribution in [0.3, 0.4) is 0 Å². The highest BCUT2D eigenvalue weighted by Crippen LogP contribution is 2.43. The number of hydrogen-bond donors (Lipinski definition) is 1. The summed E-state index contributed by atoms with van der Waals surface area (Å²) in [5, 5.41) is 11.4. The molecule has 38 heavy (non-hydrogen) atoms. The van der Waals surface area contributed by atoms with Gasteiger partial charge in [0.15, 0.2) is 11.5 Å². The molecule has 5 rings (SSSR count). The van der Waals surface area contributed by atoms with E-state index in [2.05, 4.69) is 0 Å². The number of rotatable bonds is 8. The van der Waals surface area contributed by atoms with E-state index in [1.165, 1.54) is 4.90 Å². The molecule has 2 unspecified atom stereocenters. The zero-order valence-electron chi connectivity index (χ0n) is 21.8. The molecule has 0 spiro atoms. The molecule has 0 radical (unpaired) electrons. The van der Waals surface area contributed by atoms with Gasteiger partial charge in [0.05, 0.1) is 18.7 Å². The first-order valence-electron chi connectivity index (χ1n) is 12.8. The van der Waals surface area contributed by atoms with Gasteiger partial charge in [-0.1, -0.05) is 43.3 Å². The van der Waals surface area contributed by atoms with Crippen LogP contribution in [0.5, 0.6) is 17.2 Å². The van der Waals surface area contributed by atoms with E-state index < -0.39 is 17.7 Å². The highest BCUT2D eigenvalue weighted by Gasteiger charge is 2.46. The predicted octanol–water partition coefficient (Wildman–Crippen LogP) is 5.43. The lowest BCUT2D eigenvalue weighted by Crippen LogP contribution is -2.30. The number of fused-ring (bicyclic) bond motifs is 1. The topological polar surface area (TPSA) is 85.3 Å². The summed E-state index contributed by atoms with van der Waals surface area (Å²) in [5.41, 5.74) is 3.15. The third-order valence-corrected chi connectivity index (χ3v) is 6.91. The zero-order valence-corrected chi connectivity index (χ0v) is 21.8. The number of carbonyl (C=O) groups excluding carboxylic acids is 2. The highest BCUT2D eigenvalue weighted by atomic mass is 16.5. The number of aliphatic hydroxyl groups excluding tert-OH is 1. The van der Waals surface area contributed by atoms with Gasteiger partial charge in [-0.3, -0.25) is 9.59 Å². The second kappa shape index (κ2) is 10.6. The fraction of sp³-hybridized carbons (Fsp3) is 0.290. The summed E-state index contributed by atoms with van der Waals surface area (Å²) in [6, 6.07) is 19.7. The van der Waals surface area contributed by atoms with Crippen LogP contribution in [0.2, 0.25) is 0 Å². The number of benzene rings is 3. The van der Waals surface area contributed by atoms with Crippen molar-refractivity contribution in [2.45, 2.75) is 45.4 Å². The van der Waals surface area contributed by atoms with Gasteiger partial charge >= 0.3 is 0 Å². The Morgan fingerprint density at radius 1 is 1.05 bits per heavy atom. The maximum atomic E-state index is 13.3. The normalized spacial score (nSPS) is 19.8. The van der Waals surface area contributed by atoms with Gasteiger partial charge in [-0.25, -0.2) is 0 Å². The fourth-order valence-electron chi connectivity index (χ4n) is 5.13. The van der Waals surface area contributed by atoms with Crippen LogP contribution in [0.4, 0.5) is 0 Å².